The van der Waals surface area contributed by atoms with E-state index in [-0.39, 0.29) is 7.25 Å². The van der Waals surface area contributed by atoms with Crippen molar-refractivity contribution < 1.29 is 29.2 Å². The Labute approximate surface area is 343 Å². The second-order valence-corrected chi connectivity index (χ2v) is 33.5. The van der Waals surface area contributed by atoms with E-state index in [0.717, 1.165) is 35.1 Å². The fourth-order valence-electron chi connectivity index (χ4n) is 9.34. The van der Waals surface area contributed by atoms with E-state index in [0.29, 0.717) is 0 Å². The van der Waals surface area contributed by atoms with E-state index >= 15 is 0 Å². The van der Waals surface area contributed by atoms with Gasteiger partial charge in [-0.2, -0.15) is 0 Å². The molecular formula is C49H46Cl2O2SiZr. The van der Waals surface area contributed by atoms with Gasteiger partial charge in [-0.15, -0.1) is 0 Å². The number of fused-ring (bicyclic) bond motifs is 2. The number of aryl methyl sites for hydroxylation is 6. The Morgan fingerprint density at radius 1 is 0.564 bits per heavy atom. The van der Waals surface area contributed by atoms with Crippen molar-refractivity contribution in [2.24, 2.45) is 0 Å². The minimum absolute atomic E-state index is 0.254. The molecule has 6 aromatic rings. The molecular weight excluding hydrogens is 811 g/mol. The Bertz CT molecular complexity index is 2470. The normalized spacial score (nSPS) is 18.2. The van der Waals surface area contributed by atoms with E-state index in [9.17, 15) is 0 Å². The van der Waals surface area contributed by atoms with E-state index in [4.69, 9.17) is 32.0 Å². The molecule has 3 heterocycles. The molecule has 3 aliphatic rings. The summed E-state index contributed by atoms with van der Waals surface area (Å²) >= 11 is 11.2. The zero-order chi connectivity index (χ0) is 38.5. The van der Waals surface area contributed by atoms with Crippen molar-refractivity contribution in [3.05, 3.63) is 164 Å². The van der Waals surface area contributed by atoms with E-state index in [2.05, 4.69) is 152 Å². The van der Waals surface area contributed by atoms with Crippen molar-refractivity contribution in [1.29, 1.82) is 0 Å². The summed E-state index contributed by atoms with van der Waals surface area (Å²) in [6, 6.07) is 33.7. The van der Waals surface area contributed by atoms with Gasteiger partial charge in [-0.1, -0.05) is 0 Å². The van der Waals surface area contributed by atoms with E-state index < -0.39 is 30.1 Å². The second kappa shape index (κ2) is 13.9. The number of hydrogen-bond acceptors (Lipinski definition) is 2. The topological polar surface area (TPSA) is 26.3 Å². The Morgan fingerprint density at radius 3 is 1.31 bits per heavy atom. The van der Waals surface area contributed by atoms with Crippen LogP contribution in [-0.2, 0) is 20.4 Å². The first-order chi connectivity index (χ1) is 26.3. The molecule has 276 valence electrons. The molecule has 2 aliphatic carbocycles. The van der Waals surface area contributed by atoms with Crippen LogP contribution in [0.3, 0.4) is 0 Å². The molecule has 0 amide bonds. The molecule has 6 heteroatoms. The molecule has 0 radical (unpaired) electrons. The molecule has 0 bridgehead atoms. The fourth-order valence-corrected chi connectivity index (χ4v) is 40.5. The molecule has 1 aliphatic heterocycles. The SMILES string of the molecule is Cc1ccc(-c2c(C)c(C)cc3c2C=C(c2ccc(C)o2)[CH]3[Zr]([CH]2C(c3ccc(C)o3)=Cc3c2cc(C)c(C)c3-c2ccc(C)cc2)=[Si]2CC(Cl)(Cl)C2)cc1. The summed E-state index contributed by atoms with van der Waals surface area (Å²) in [5.41, 5.74) is 20.4. The fraction of sp³-hybridized carbons (Fsp3) is 0.265. The van der Waals surface area contributed by atoms with Gasteiger partial charge in [0.15, 0.2) is 0 Å². The van der Waals surface area contributed by atoms with Gasteiger partial charge in [0.05, 0.1) is 0 Å². The van der Waals surface area contributed by atoms with Gasteiger partial charge >= 0.3 is 346 Å². The van der Waals surface area contributed by atoms with Gasteiger partial charge in [0.25, 0.3) is 0 Å². The molecule has 2 atom stereocenters. The van der Waals surface area contributed by atoms with Crippen LogP contribution in [0.15, 0.2) is 93.8 Å². The van der Waals surface area contributed by atoms with Crippen molar-refractivity contribution in [3.63, 3.8) is 0 Å². The molecule has 2 unspecified atom stereocenters. The average molecular weight is 857 g/mol. The van der Waals surface area contributed by atoms with Gasteiger partial charge in [-0.25, -0.2) is 0 Å². The number of rotatable bonds is 6. The van der Waals surface area contributed by atoms with Crippen molar-refractivity contribution in [2.45, 2.75) is 79.1 Å². The van der Waals surface area contributed by atoms with Gasteiger partial charge in [-0.3, -0.25) is 0 Å². The summed E-state index contributed by atoms with van der Waals surface area (Å²) < 4.78 is 13.1. The number of alkyl halides is 2. The van der Waals surface area contributed by atoms with Gasteiger partial charge in [-0.05, 0) is 0 Å². The molecule has 1 saturated heterocycles. The Kier molecular flexibility index (Phi) is 9.41. The van der Waals surface area contributed by atoms with Gasteiger partial charge in [0.2, 0.25) is 0 Å². The molecule has 0 saturated carbocycles. The summed E-state index contributed by atoms with van der Waals surface area (Å²) in [7, 11) is 0. The van der Waals surface area contributed by atoms with Crippen LogP contribution in [0.1, 0.15) is 85.9 Å². The summed E-state index contributed by atoms with van der Waals surface area (Å²) in [5.74, 6) is 3.85. The molecule has 4 aromatic carbocycles. The zero-order valence-electron chi connectivity index (χ0n) is 32.9. The van der Waals surface area contributed by atoms with Crippen molar-refractivity contribution in [2.75, 3.05) is 0 Å². The van der Waals surface area contributed by atoms with E-state index in [1.54, 1.807) is 0 Å². The van der Waals surface area contributed by atoms with Gasteiger partial charge in [0.1, 0.15) is 0 Å². The Hall–Kier alpha value is -3.40. The summed E-state index contributed by atoms with van der Waals surface area (Å²) in [6.07, 6.45) is 5.01. The van der Waals surface area contributed by atoms with Crippen LogP contribution in [0.4, 0.5) is 0 Å². The Balaban J connectivity index is 1.36. The number of hydrogen-bond donors (Lipinski definition) is 0. The van der Waals surface area contributed by atoms with Crippen molar-refractivity contribution in [3.8, 4) is 22.3 Å². The number of furan rings is 2. The number of benzene rings is 4. The zero-order valence-corrected chi connectivity index (χ0v) is 37.8. The van der Waals surface area contributed by atoms with Crippen LogP contribution in [0.25, 0.3) is 45.6 Å². The van der Waals surface area contributed by atoms with Crippen LogP contribution in [0, 0.1) is 55.4 Å². The summed E-state index contributed by atoms with van der Waals surface area (Å²) in [4.78, 5) is 0. The Morgan fingerprint density at radius 2 is 0.964 bits per heavy atom. The van der Waals surface area contributed by atoms with Gasteiger partial charge < -0.3 is 0 Å². The molecule has 0 N–H and O–H groups in total. The molecule has 2 nitrogen and oxygen atoms in total. The van der Waals surface area contributed by atoms with Crippen LogP contribution in [0.2, 0.25) is 12.1 Å². The third-order valence-electron chi connectivity index (χ3n) is 12.4. The standard InChI is InChI=1S/2C23H21O.C3H4Cl2Si.Zr/c2*1-14-5-8-18(9-6-14)23-17(4)15(2)11-19-12-20(13-21(19)23)22-10-7-16(3)24-22;4-3(5)1-6-2-3;/h2*5-13H,1-4H3;1-2H2;. The van der Waals surface area contributed by atoms with Crippen LogP contribution >= 0.6 is 23.2 Å². The summed E-state index contributed by atoms with van der Waals surface area (Å²) in [5, 5.41) is 0. The predicted octanol–water partition coefficient (Wildman–Crippen LogP) is 14.4. The maximum absolute atomic E-state index is 7.05. The van der Waals surface area contributed by atoms with Crippen LogP contribution in [-0.4, -0.2) is 9.77 Å². The van der Waals surface area contributed by atoms with Crippen LogP contribution in [0.5, 0.6) is 0 Å². The monoisotopic (exact) mass is 854 g/mol. The average Bonchev–Trinajstić information content (AvgIpc) is 3.93. The molecule has 2 aromatic heterocycles. The molecule has 55 heavy (non-hydrogen) atoms. The van der Waals surface area contributed by atoms with Gasteiger partial charge in [0, 0.05) is 0 Å². The van der Waals surface area contributed by atoms with Crippen LogP contribution < -0.4 is 0 Å². The predicted molar refractivity (Wildman–Crippen MR) is 230 cm³/mol. The maximum atomic E-state index is 7.05. The first-order valence-electron chi connectivity index (χ1n) is 19.4. The second-order valence-electron chi connectivity index (χ2n) is 16.3. The van der Waals surface area contributed by atoms with Crippen molar-refractivity contribution in [1.82, 2.24) is 0 Å². The molecule has 0 spiro atoms. The molecule has 1 fully saturated rings. The third kappa shape index (κ3) is 6.41. The number of halogens is 2. The summed E-state index contributed by atoms with van der Waals surface area (Å²) in [6.45, 7) is 17.6. The van der Waals surface area contributed by atoms with E-state index in [1.807, 2.05) is 0 Å². The first kappa shape index (κ1) is 37.2. The minimum atomic E-state index is -2.89. The van der Waals surface area contributed by atoms with E-state index in [1.165, 1.54) is 89.0 Å². The quantitative estimate of drug-likeness (QED) is 0.123. The first-order valence-corrected chi connectivity index (χ1v) is 28.6. The number of allylic oxidation sites excluding steroid dienone is 2. The van der Waals surface area contributed by atoms with Crippen molar-refractivity contribution >= 4 is 51.9 Å². The third-order valence-corrected chi connectivity index (χ3v) is 34.9. The molecule has 9 rings (SSSR count).